The maximum Gasteiger partial charge on any atom is 0.158 e. The van der Waals surface area contributed by atoms with E-state index in [2.05, 4.69) is 0 Å². The molecule has 0 bridgehead atoms. The topological polar surface area (TPSA) is 35.5 Å². The molecule has 1 fully saturated rings. The van der Waals surface area contributed by atoms with E-state index < -0.39 is 16.6 Å². The maximum absolute atomic E-state index is 13.4. The Kier molecular flexibility index (Phi) is 4.65. The Bertz CT molecular complexity index is 391. The molecule has 1 unspecified atom stereocenters. The summed E-state index contributed by atoms with van der Waals surface area (Å²) in [4.78, 5) is 0.253. The molecular formula is C12H15FO3S. The number of ether oxygens (including phenoxy) is 2. The lowest BCUT2D eigenvalue weighted by molar-refractivity contribution is -0.178. The first-order valence-electron chi connectivity index (χ1n) is 5.63. The Balaban J connectivity index is 1.87. The monoisotopic (exact) mass is 258 g/mol. The lowest BCUT2D eigenvalue weighted by Gasteiger charge is -2.22. The Hall–Kier alpha value is -0.780. The second-order valence-corrected chi connectivity index (χ2v) is 5.33. The van der Waals surface area contributed by atoms with E-state index in [-0.39, 0.29) is 11.2 Å². The zero-order valence-corrected chi connectivity index (χ0v) is 10.2. The Morgan fingerprint density at radius 2 is 2.00 bits per heavy atom. The molecule has 0 aliphatic carbocycles. The van der Waals surface area contributed by atoms with Crippen molar-refractivity contribution in [3.05, 3.63) is 30.1 Å². The van der Waals surface area contributed by atoms with Crippen LogP contribution in [0.5, 0.6) is 0 Å². The second kappa shape index (κ2) is 6.23. The van der Waals surface area contributed by atoms with Crippen LogP contribution in [0, 0.1) is 5.82 Å². The van der Waals surface area contributed by atoms with Gasteiger partial charge in [0.25, 0.3) is 0 Å². The zero-order valence-electron chi connectivity index (χ0n) is 9.43. The molecule has 1 aromatic carbocycles. The van der Waals surface area contributed by atoms with E-state index in [1.165, 1.54) is 6.07 Å². The van der Waals surface area contributed by atoms with Gasteiger partial charge in [-0.2, -0.15) is 0 Å². The van der Waals surface area contributed by atoms with E-state index in [9.17, 15) is 8.60 Å². The van der Waals surface area contributed by atoms with Crippen molar-refractivity contribution in [3.8, 4) is 0 Å². The maximum atomic E-state index is 13.4. The third-order valence-electron chi connectivity index (χ3n) is 2.52. The summed E-state index contributed by atoms with van der Waals surface area (Å²) in [6.07, 6.45) is 1.13. The molecule has 0 aromatic heterocycles. The molecule has 1 aromatic rings. The Morgan fingerprint density at radius 1 is 1.29 bits per heavy atom. The standard InChI is InChI=1S/C12H15FO3S/c13-10-4-1-2-5-11(10)17(14)9-6-12-15-7-3-8-16-12/h1-2,4-5,12H,3,6-9H2. The van der Waals surface area contributed by atoms with E-state index in [0.717, 1.165) is 6.42 Å². The molecule has 17 heavy (non-hydrogen) atoms. The van der Waals surface area contributed by atoms with E-state index in [1.807, 2.05) is 0 Å². The van der Waals surface area contributed by atoms with Gasteiger partial charge in [-0.05, 0) is 18.6 Å². The van der Waals surface area contributed by atoms with Crippen molar-refractivity contribution in [2.75, 3.05) is 19.0 Å². The van der Waals surface area contributed by atoms with Crippen molar-refractivity contribution in [3.63, 3.8) is 0 Å². The van der Waals surface area contributed by atoms with Crippen LogP contribution < -0.4 is 0 Å². The lowest BCUT2D eigenvalue weighted by Crippen LogP contribution is -2.26. The number of hydrogen-bond donors (Lipinski definition) is 0. The molecular weight excluding hydrogens is 243 g/mol. The molecule has 1 heterocycles. The molecule has 3 nitrogen and oxygen atoms in total. The van der Waals surface area contributed by atoms with Gasteiger partial charge in [-0.3, -0.25) is 4.21 Å². The smallest absolute Gasteiger partial charge is 0.158 e. The van der Waals surface area contributed by atoms with Gasteiger partial charge in [-0.25, -0.2) is 4.39 Å². The molecule has 5 heteroatoms. The van der Waals surface area contributed by atoms with Gasteiger partial charge in [0.2, 0.25) is 0 Å². The van der Waals surface area contributed by atoms with Gasteiger partial charge in [-0.1, -0.05) is 12.1 Å². The summed E-state index contributed by atoms with van der Waals surface area (Å²) in [7, 11) is -1.33. The number of halogens is 1. The Morgan fingerprint density at radius 3 is 2.71 bits per heavy atom. The highest BCUT2D eigenvalue weighted by Crippen LogP contribution is 2.15. The van der Waals surface area contributed by atoms with Gasteiger partial charge in [0.05, 0.1) is 28.9 Å². The predicted octanol–water partition coefficient (Wildman–Crippen LogP) is 2.09. The molecule has 1 saturated heterocycles. The van der Waals surface area contributed by atoms with E-state index in [1.54, 1.807) is 18.2 Å². The lowest BCUT2D eigenvalue weighted by atomic mass is 10.3. The molecule has 94 valence electrons. The van der Waals surface area contributed by atoms with Gasteiger partial charge in [0, 0.05) is 12.2 Å². The minimum Gasteiger partial charge on any atom is -0.353 e. The van der Waals surface area contributed by atoms with E-state index in [4.69, 9.17) is 9.47 Å². The molecule has 0 radical (unpaired) electrons. The van der Waals surface area contributed by atoms with Crippen LogP contribution in [-0.4, -0.2) is 29.5 Å². The highest BCUT2D eigenvalue weighted by atomic mass is 32.2. The van der Waals surface area contributed by atoms with Crippen molar-refractivity contribution in [1.29, 1.82) is 0 Å². The van der Waals surface area contributed by atoms with Crippen molar-refractivity contribution in [2.24, 2.45) is 0 Å². The van der Waals surface area contributed by atoms with Crippen molar-refractivity contribution in [1.82, 2.24) is 0 Å². The summed E-state index contributed by atoms with van der Waals surface area (Å²) >= 11 is 0. The molecule has 1 aliphatic heterocycles. The number of hydrogen-bond acceptors (Lipinski definition) is 3. The fraction of sp³-hybridized carbons (Fsp3) is 0.500. The fourth-order valence-electron chi connectivity index (χ4n) is 1.65. The summed E-state index contributed by atoms with van der Waals surface area (Å²) in [6, 6.07) is 6.14. The third kappa shape index (κ3) is 3.59. The van der Waals surface area contributed by atoms with Crippen LogP contribution in [0.2, 0.25) is 0 Å². The number of benzene rings is 1. The quantitative estimate of drug-likeness (QED) is 0.829. The van der Waals surface area contributed by atoms with Crippen LogP contribution in [0.15, 0.2) is 29.2 Å². The minimum absolute atomic E-state index is 0.253. The van der Waals surface area contributed by atoms with Gasteiger partial charge >= 0.3 is 0 Å². The van der Waals surface area contributed by atoms with Gasteiger partial charge in [0.1, 0.15) is 5.82 Å². The number of rotatable bonds is 4. The van der Waals surface area contributed by atoms with Crippen LogP contribution in [0.25, 0.3) is 0 Å². The van der Waals surface area contributed by atoms with Crippen LogP contribution in [0.4, 0.5) is 4.39 Å². The summed E-state index contributed by atoms with van der Waals surface area (Å²) in [5.74, 6) is -0.0673. The first-order chi connectivity index (χ1) is 8.27. The summed E-state index contributed by atoms with van der Waals surface area (Å²) < 4.78 is 35.9. The van der Waals surface area contributed by atoms with E-state index >= 15 is 0 Å². The second-order valence-electron chi connectivity index (χ2n) is 3.79. The molecule has 1 atom stereocenters. The first kappa shape index (κ1) is 12.7. The van der Waals surface area contributed by atoms with E-state index in [0.29, 0.717) is 25.4 Å². The molecule has 0 spiro atoms. The van der Waals surface area contributed by atoms with Crippen LogP contribution in [0.1, 0.15) is 12.8 Å². The van der Waals surface area contributed by atoms with Crippen molar-refractivity contribution < 1.29 is 18.1 Å². The average Bonchev–Trinajstić information content (AvgIpc) is 2.38. The fourth-order valence-corrected chi connectivity index (χ4v) is 2.79. The normalized spacial score (nSPS) is 19.1. The highest BCUT2D eigenvalue weighted by Gasteiger charge is 2.17. The van der Waals surface area contributed by atoms with Crippen molar-refractivity contribution in [2.45, 2.75) is 24.0 Å². The predicted molar refractivity (Wildman–Crippen MR) is 62.6 cm³/mol. The van der Waals surface area contributed by atoms with Crippen molar-refractivity contribution >= 4 is 10.8 Å². The molecule has 2 rings (SSSR count). The van der Waals surface area contributed by atoms with Crippen LogP contribution >= 0.6 is 0 Å². The molecule has 0 amide bonds. The van der Waals surface area contributed by atoms with Crippen LogP contribution in [-0.2, 0) is 20.3 Å². The summed E-state index contributed by atoms with van der Waals surface area (Å²) in [6.45, 7) is 1.36. The Labute approximate surface area is 102 Å². The summed E-state index contributed by atoms with van der Waals surface area (Å²) in [5, 5.41) is 0. The largest absolute Gasteiger partial charge is 0.353 e. The van der Waals surface area contributed by atoms with Gasteiger partial charge in [-0.15, -0.1) is 0 Å². The molecule has 1 aliphatic rings. The van der Waals surface area contributed by atoms with Gasteiger partial charge in [0.15, 0.2) is 6.29 Å². The SMILES string of the molecule is O=S(CCC1OCCCO1)c1ccccc1F. The first-order valence-corrected chi connectivity index (χ1v) is 6.95. The molecule has 0 N–H and O–H groups in total. The van der Waals surface area contributed by atoms with Gasteiger partial charge < -0.3 is 9.47 Å². The third-order valence-corrected chi connectivity index (χ3v) is 3.95. The highest BCUT2D eigenvalue weighted by molar-refractivity contribution is 7.85. The minimum atomic E-state index is -1.33. The summed E-state index contributed by atoms with van der Waals surface area (Å²) in [5.41, 5.74) is 0. The zero-order chi connectivity index (χ0) is 12.1. The molecule has 0 saturated carbocycles. The average molecular weight is 258 g/mol. The van der Waals surface area contributed by atoms with Crippen LogP contribution in [0.3, 0.4) is 0 Å².